The molecule has 3 rings (SSSR count). The van der Waals surface area contributed by atoms with Gasteiger partial charge in [-0.2, -0.15) is 0 Å². The summed E-state index contributed by atoms with van der Waals surface area (Å²) in [4.78, 5) is 27.3. The molecule has 2 aromatic carbocycles. The van der Waals surface area contributed by atoms with E-state index in [1.54, 1.807) is 11.0 Å². The van der Waals surface area contributed by atoms with Crippen molar-refractivity contribution in [3.05, 3.63) is 58.1 Å². The maximum absolute atomic E-state index is 12.8. The third-order valence-corrected chi connectivity index (χ3v) is 5.67. The Morgan fingerprint density at radius 3 is 2.41 bits per heavy atom. The van der Waals surface area contributed by atoms with Crippen LogP contribution in [0.5, 0.6) is 0 Å². The summed E-state index contributed by atoms with van der Waals surface area (Å²) < 4.78 is 0. The van der Waals surface area contributed by atoms with E-state index in [0.717, 1.165) is 35.2 Å². The zero-order valence-electron chi connectivity index (χ0n) is 16.0. The molecular formula is C22H25ClN2O2. The molecule has 0 aliphatic carbocycles. The third kappa shape index (κ3) is 3.86. The van der Waals surface area contributed by atoms with Gasteiger partial charge in [-0.1, -0.05) is 49.7 Å². The van der Waals surface area contributed by atoms with Crippen LogP contribution in [0, 0.1) is 12.8 Å². The minimum Gasteiger partial charge on any atom is -0.325 e. The number of aryl methyl sites for hydroxylation is 2. The number of halogens is 1. The highest BCUT2D eigenvalue weighted by Gasteiger charge is 2.36. The Balaban J connectivity index is 1.82. The highest BCUT2D eigenvalue weighted by molar-refractivity contribution is 6.31. The minimum atomic E-state index is -0.370. The van der Waals surface area contributed by atoms with Crippen molar-refractivity contribution in [2.24, 2.45) is 5.92 Å². The van der Waals surface area contributed by atoms with E-state index in [-0.39, 0.29) is 24.2 Å². The number of benzene rings is 2. The van der Waals surface area contributed by atoms with Crippen LogP contribution in [0.2, 0.25) is 5.02 Å². The number of hydrogen-bond donors (Lipinski definition) is 1. The smallest absolute Gasteiger partial charge is 0.229 e. The molecular weight excluding hydrogens is 360 g/mol. The number of carbonyl (C=O) groups is 2. The van der Waals surface area contributed by atoms with Crippen LogP contribution >= 0.6 is 11.6 Å². The minimum absolute atomic E-state index is 0.00793. The van der Waals surface area contributed by atoms with Gasteiger partial charge in [0.2, 0.25) is 11.8 Å². The van der Waals surface area contributed by atoms with Crippen molar-refractivity contribution in [1.82, 2.24) is 0 Å². The van der Waals surface area contributed by atoms with Crippen LogP contribution in [-0.2, 0) is 22.4 Å². The lowest BCUT2D eigenvalue weighted by Gasteiger charge is -2.23. The molecule has 2 amide bonds. The van der Waals surface area contributed by atoms with Gasteiger partial charge in [0.25, 0.3) is 0 Å². The first-order chi connectivity index (χ1) is 13.0. The van der Waals surface area contributed by atoms with E-state index in [4.69, 9.17) is 11.6 Å². The molecule has 1 aliphatic rings. The highest BCUT2D eigenvalue weighted by atomic mass is 35.5. The Morgan fingerprint density at radius 1 is 1.15 bits per heavy atom. The van der Waals surface area contributed by atoms with Gasteiger partial charge >= 0.3 is 0 Å². The van der Waals surface area contributed by atoms with E-state index >= 15 is 0 Å². The fourth-order valence-electron chi connectivity index (χ4n) is 3.64. The topological polar surface area (TPSA) is 49.4 Å². The summed E-state index contributed by atoms with van der Waals surface area (Å²) in [5, 5.41) is 3.55. The number of amides is 2. The first kappa shape index (κ1) is 19.4. The number of nitrogens with zero attached hydrogens (tertiary/aromatic N) is 1. The van der Waals surface area contributed by atoms with Gasteiger partial charge in [-0.15, -0.1) is 0 Å². The van der Waals surface area contributed by atoms with Crippen molar-refractivity contribution in [3.63, 3.8) is 0 Å². The molecule has 4 nitrogen and oxygen atoms in total. The van der Waals surface area contributed by atoms with E-state index in [9.17, 15) is 9.59 Å². The fourth-order valence-corrected chi connectivity index (χ4v) is 3.81. The second-order valence-corrected chi connectivity index (χ2v) is 7.35. The summed E-state index contributed by atoms with van der Waals surface area (Å²) in [5.74, 6) is -0.498. The van der Waals surface area contributed by atoms with Crippen molar-refractivity contribution in [1.29, 1.82) is 0 Å². The highest BCUT2D eigenvalue weighted by Crippen LogP contribution is 2.33. The lowest BCUT2D eigenvalue weighted by Crippen LogP contribution is -2.29. The molecule has 0 radical (unpaired) electrons. The number of rotatable bonds is 5. The Hall–Kier alpha value is -2.33. The van der Waals surface area contributed by atoms with Crippen molar-refractivity contribution in [2.45, 2.75) is 40.0 Å². The monoisotopic (exact) mass is 384 g/mol. The molecule has 1 saturated heterocycles. The molecule has 142 valence electrons. The maximum Gasteiger partial charge on any atom is 0.229 e. The van der Waals surface area contributed by atoms with E-state index in [0.29, 0.717) is 17.3 Å². The van der Waals surface area contributed by atoms with Crippen molar-refractivity contribution in [2.75, 3.05) is 16.8 Å². The quantitative estimate of drug-likeness (QED) is 0.807. The largest absolute Gasteiger partial charge is 0.325 e. The van der Waals surface area contributed by atoms with E-state index < -0.39 is 0 Å². The van der Waals surface area contributed by atoms with Crippen molar-refractivity contribution < 1.29 is 9.59 Å². The second kappa shape index (κ2) is 8.13. The van der Waals surface area contributed by atoms with Crippen LogP contribution in [0.4, 0.5) is 11.4 Å². The van der Waals surface area contributed by atoms with Gasteiger partial charge in [0.15, 0.2) is 0 Å². The Labute approximate surface area is 165 Å². The SMILES string of the molecule is CCc1cccc(CC)c1N1C[C@H](C(=O)Nc2cccc(Cl)c2C)CC1=O. The number of hydrogen-bond acceptors (Lipinski definition) is 2. The number of nitrogens with one attached hydrogen (secondary N) is 1. The maximum atomic E-state index is 12.8. The summed E-state index contributed by atoms with van der Waals surface area (Å²) >= 11 is 6.14. The summed E-state index contributed by atoms with van der Waals surface area (Å²) in [6.45, 7) is 6.46. The zero-order chi connectivity index (χ0) is 19.6. The molecule has 5 heteroatoms. The predicted molar refractivity (Wildman–Crippen MR) is 110 cm³/mol. The van der Waals surface area contributed by atoms with Crippen molar-refractivity contribution >= 4 is 34.8 Å². The van der Waals surface area contributed by atoms with Crippen LogP contribution in [0.25, 0.3) is 0 Å². The molecule has 1 atom stereocenters. The van der Waals surface area contributed by atoms with Crippen LogP contribution in [0.3, 0.4) is 0 Å². The summed E-state index contributed by atoms with van der Waals surface area (Å²) in [7, 11) is 0. The van der Waals surface area contributed by atoms with Gasteiger partial charge in [0, 0.05) is 29.4 Å². The van der Waals surface area contributed by atoms with Crippen LogP contribution in [-0.4, -0.2) is 18.4 Å². The third-order valence-electron chi connectivity index (χ3n) is 5.26. The molecule has 0 saturated carbocycles. The van der Waals surface area contributed by atoms with Gasteiger partial charge in [0.1, 0.15) is 0 Å². The Bertz CT molecular complexity index is 856. The molecule has 1 N–H and O–H groups in total. The molecule has 0 unspecified atom stereocenters. The first-order valence-electron chi connectivity index (χ1n) is 9.43. The van der Waals surface area contributed by atoms with Crippen LogP contribution < -0.4 is 10.2 Å². The molecule has 0 spiro atoms. The van der Waals surface area contributed by atoms with Crippen molar-refractivity contribution in [3.8, 4) is 0 Å². The normalized spacial score (nSPS) is 16.7. The molecule has 2 aromatic rings. The zero-order valence-corrected chi connectivity index (χ0v) is 16.8. The Morgan fingerprint density at radius 2 is 1.78 bits per heavy atom. The first-order valence-corrected chi connectivity index (χ1v) is 9.81. The van der Waals surface area contributed by atoms with Gasteiger partial charge in [-0.25, -0.2) is 0 Å². The number of carbonyl (C=O) groups excluding carboxylic acids is 2. The van der Waals surface area contributed by atoms with Gasteiger partial charge in [-0.3, -0.25) is 9.59 Å². The standard InChI is InChI=1S/C22H25ClN2O2/c1-4-15-8-6-9-16(5-2)21(15)25-13-17(12-20(25)26)22(27)24-19-11-7-10-18(23)14(19)3/h6-11,17H,4-5,12-13H2,1-3H3,(H,24,27)/t17-/m1/s1. The van der Waals surface area contributed by atoms with Gasteiger partial charge < -0.3 is 10.2 Å². The van der Waals surface area contributed by atoms with Gasteiger partial charge in [0.05, 0.1) is 5.92 Å². The lowest BCUT2D eigenvalue weighted by molar-refractivity contribution is -0.122. The average molecular weight is 385 g/mol. The average Bonchev–Trinajstić information content (AvgIpc) is 3.06. The van der Waals surface area contributed by atoms with Crippen LogP contribution in [0.1, 0.15) is 37.0 Å². The number of anilines is 2. The molecule has 0 bridgehead atoms. The molecule has 1 aliphatic heterocycles. The summed E-state index contributed by atoms with van der Waals surface area (Å²) in [6, 6.07) is 11.6. The van der Waals surface area contributed by atoms with E-state index in [1.807, 2.05) is 25.1 Å². The summed E-state index contributed by atoms with van der Waals surface area (Å²) in [6.07, 6.45) is 1.93. The fraction of sp³-hybridized carbons (Fsp3) is 0.364. The van der Waals surface area contributed by atoms with E-state index in [2.05, 4.69) is 31.3 Å². The number of para-hydroxylation sites is 1. The second-order valence-electron chi connectivity index (χ2n) is 6.94. The van der Waals surface area contributed by atoms with Crippen LogP contribution in [0.15, 0.2) is 36.4 Å². The molecule has 1 heterocycles. The van der Waals surface area contributed by atoms with Gasteiger partial charge in [-0.05, 0) is 48.6 Å². The lowest BCUT2D eigenvalue weighted by atomic mass is 10.0. The predicted octanol–water partition coefficient (Wildman–Crippen LogP) is 4.76. The molecule has 27 heavy (non-hydrogen) atoms. The molecule has 1 fully saturated rings. The molecule has 0 aromatic heterocycles. The summed E-state index contributed by atoms with van der Waals surface area (Å²) in [5.41, 5.74) is 4.81. The Kier molecular flexibility index (Phi) is 5.85. The van der Waals surface area contributed by atoms with E-state index in [1.165, 1.54) is 0 Å².